The van der Waals surface area contributed by atoms with Gasteiger partial charge in [0.1, 0.15) is 5.60 Å². The molecule has 0 fully saturated rings. The number of hydrogen-bond donors (Lipinski definition) is 2. The third-order valence-corrected chi connectivity index (χ3v) is 2.15. The monoisotopic (exact) mass is 226 g/mol. The molecule has 1 rings (SSSR count). The van der Waals surface area contributed by atoms with E-state index in [9.17, 15) is 9.59 Å². The zero-order chi connectivity index (χ0) is 12.3. The summed E-state index contributed by atoms with van der Waals surface area (Å²) in [5.41, 5.74) is 4.64. The van der Waals surface area contributed by atoms with Crippen LogP contribution in [0.2, 0.25) is 0 Å². The van der Waals surface area contributed by atoms with Crippen molar-refractivity contribution >= 4 is 12.0 Å². The molecule has 2 amide bonds. The van der Waals surface area contributed by atoms with E-state index in [-0.39, 0.29) is 17.9 Å². The lowest BCUT2D eigenvalue weighted by Gasteiger charge is -2.21. The Kier molecular flexibility index (Phi) is 3.57. The van der Waals surface area contributed by atoms with Crippen molar-refractivity contribution in [1.82, 2.24) is 5.32 Å². The highest BCUT2D eigenvalue weighted by molar-refractivity contribution is 5.79. The average molecular weight is 226 g/mol. The molecule has 0 aliphatic heterocycles. The number of nitrogens with one attached hydrogen (secondary N) is 1. The van der Waals surface area contributed by atoms with Crippen molar-refractivity contribution in [3.63, 3.8) is 0 Å². The van der Waals surface area contributed by atoms with Crippen molar-refractivity contribution in [1.29, 1.82) is 0 Å². The number of alkyl carbamates (subject to hydrolysis) is 1. The highest BCUT2D eigenvalue weighted by atomic mass is 16.6. The lowest BCUT2D eigenvalue weighted by atomic mass is 10.1. The van der Waals surface area contributed by atoms with Gasteiger partial charge in [0.2, 0.25) is 5.91 Å². The SMILES string of the molecule is CC(C)(C)OC(=O)NC1C=C[C@H](C(N)=O)C1. The van der Waals surface area contributed by atoms with Crippen LogP contribution in [-0.2, 0) is 9.53 Å². The van der Waals surface area contributed by atoms with Gasteiger partial charge < -0.3 is 15.8 Å². The molecule has 1 aliphatic rings. The van der Waals surface area contributed by atoms with Crippen molar-refractivity contribution in [2.24, 2.45) is 11.7 Å². The Labute approximate surface area is 95.0 Å². The van der Waals surface area contributed by atoms with Gasteiger partial charge in [-0.15, -0.1) is 0 Å². The van der Waals surface area contributed by atoms with E-state index in [0.717, 1.165) is 0 Å². The average Bonchev–Trinajstić information content (AvgIpc) is 2.48. The molecule has 0 aromatic heterocycles. The van der Waals surface area contributed by atoms with E-state index in [0.29, 0.717) is 6.42 Å². The van der Waals surface area contributed by atoms with Gasteiger partial charge in [0.05, 0.1) is 12.0 Å². The van der Waals surface area contributed by atoms with Crippen LogP contribution < -0.4 is 11.1 Å². The van der Waals surface area contributed by atoms with E-state index < -0.39 is 11.7 Å². The van der Waals surface area contributed by atoms with Gasteiger partial charge in [-0.05, 0) is 27.2 Å². The lowest BCUT2D eigenvalue weighted by molar-refractivity contribution is -0.120. The van der Waals surface area contributed by atoms with E-state index in [1.807, 2.05) is 0 Å². The molecular weight excluding hydrogens is 208 g/mol. The molecule has 3 N–H and O–H groups in total. The van der Waals surface area contributed by atoms with Crippen LogP contribution in [0.1, 0.15) is 27.2 Å². The minimum Gasteiger partial charge on any atom is -0.444 e. The van der Waals surface area contributed by atoms with Crippen LogP contribution in [-0.4, -0.2) is 23.6 Å². The minimum atomic E-state index is -0.518. The van der Waals surface area contributed by atoms with E-state index in [1.165, 1.54) is 0 Å². The highest BCUT2D eigenvalue weighted by Crippen LogP contribution is 2.17. The molecule has 5 nitrogen and oxygen atoms in total. The molecule has 1 aliphatic carbocycles. The maximum atomic E-state index is 11.4. The fraction of sp³-hybridized carbons (Fsp3) is 0.636. The van der Waals surface area contributed by atoms with Crippen LogP contribution in [0.4, 0.5) is 4.79 Å². The van der Waals surface area contributed by atoms with Gasteiger partial charge in [-0.25, -0.2) is 4.79 Å². The van der Waals surface area contributed by atoms with E-state index in [2.05, 4.69) is 5.32 Å². The second-order valence-corrected chi connectivity index (χ2v) is 4.88. The Bertz CT molecular complexity index is 318. The smallest absolute Gasteiger partial charge is 0.408 e. The summed E-state index contributed by atoms with van der Waals surface area (Å²) in [6.07, 6.45) is 3.51. The quantitative estimate of drug-likeness (QED) is 0.687. The molecule has 0 saturated carbocycles. The fourth-order valence-corrected chi connectivity index (χ4v) is 1.48. The van der Waals surface area contributed by atoms with Crippen LogP contribution in [0.3, 0.4) is 0 Å². The van der Waals surface area contributed by atoms with Gasteiger partial charge >= 0.3 is 6.09 Å². The molecule has 0 spiro atoms. The summed E-state index contributed by atoms with van der Waals surface area (Å²) in [4.78, 5) is 22.3. The first kappa shape index (κ1) is 12.5. The zero-order valence-corrected chi connectivity index (χ0v) is 9.82. The largest absolute Gasteiger partial charge is 0.444 e. The Morgan fingerprint density at radius 2 is 2.00 bits per heavy atom. The summed E-state index contributed by atoms with van der Waals surface area (Å²) in [6, 6.07) is -0.174. The Morgan fingerprint density at radius 3 is 2.44 bits per heavy atom. The minimum absolute atomic E-state index is 0.174. The number of ether oxygens (including phenoxy) is 1. The number of primary amides is 1. The van der Waals surface area contributed by atoms with Gasteiger partial charge in [0.25, 0.3) is 0 Å². The summed E-state index contributed by atoms with van der Waals surface area (Å²) >= 11 is 0. The topological polar surface area (TPSA) is 81.4 Å². The molecule has 5 heteroatoms. The molecule has 0 heterocycles. The molecule has 0 aromatic carbocycles. The van der Waals surface area contributed by atoms with E-state index in [1.54, 1.807) is 32.9 Å². The highest BCUT2D eigenvalue weighted by Gasteiger charge is 2.25. The lowest BCUT2D eigenvalue weighted by Crippen LogP contribution is -2.38. The van der Waals surface area contributed by atoms with Crippen LogP contribution >= 0.6 is 0 Å². The molecule has 0 radical (unpaired) electrons. The second kappa shape index (κ2) is 4.55. The van der Waals surface area contributed by atoms with Gasteiger partial charge in [0.15, 0.2) is 0 Å². The van der Waals surface area contributed by atoms with Crippen molar-refractivity contribution in [2.75, 3.05) is 0 Å². The fourth-order valence-electron chi connectivity index (χ4n) is 1.48. The Morgan fingerprint density at radius 1 is 1.38 bits per heavy atom. The van der Waals surface area contributed by atoms with Crippen molar-refractivity contribution in [3.8, 4) is 0 Å². The summed E-state index contributed by atoms with van der Waals surface area (Å²) in [6.45, 7) is 5.38. The molecule has 90 valence electrons. The predicted molar refractivity (Wildman–Crippen MR) is 59.6 cm³/mol. The predicted octanol–water partition coefficient (Wildman–Crippen LogP) is 0.941. The van der Waals surface area contributed by atoms with Crippen molar-refractivity contribution < 1.29 is 14.3 Å². The normalized spacial score (nSPS) is 24.2. The first-order chi connectivity index (χ1) is 7.28. The van der Waals surface area contributed by atoms with Crippen LogP contribution in [0.25, 0.3) is 0 Å². The summed E-state index contributed by atoms with van der Waals surface area (Å²) < 4.78 is 5.10. The first-order valence-electron chi connectivity index (χ1n) is 5.25. The number of amides is 2. The maximum absolute atomic E-state index is 11.4. The summed E-state index contributed by atoms with van der Waals surface area (Å²) in [5.74, 6) is -0.662. The third kappa shape index (κ3) is 3.92. The molecule has 16 heavy (non-hydrogen) atoms. The molecule has 2 atom stereocenters. The third-order valence-electron chi connectivity index (χ3n) is 2.15. The molecule has 1 unspecified atom stereocenters. The van der Waals surface area contributed by atoms with Gasteiger partial charge in [0, 0.05) is 0 Å². The van der Waals surface area contributed by atoms with Crippen LogP contribution in [0.15, 0.2) is 12.2 Å². The number of carbonyl (C=O) groups excluding carboxylic acids is 2. The number of rotatable bonds is 2. The number of nitrogens with two attached hydrogens (primary N) is 1. The summed E-state index contributed by atoms with van der Waals surface area (Å²) in [5, 5.41) is 2.66. The standard InChI is InChI=1S/C11H18N2O3/c1-11(2,3)16-10(15)13-8-5-4-7(6-8)9(12)14/h4-5,7-8H,6H2,1-3H3,(H2,12,14)(H,13,15)/t7-,8?/m0/s1. The second-order valence-electron chi connectivity index (χ2n) is 4.88. The number of hydrogen-bond acceptors (Lipinski definition) is 3. The van der Waals surface area contributed by atoms with Crippen molar-refractivity contribution in [2.45, 2.75) is 38.8 Å². The number of carbonyl (C=O) groups is 2. The summed E-state index contributed by atoms with van der Waals surface area (Å²) in [7, 11) is 0. The van der Waals surface area contributed by atoms with Crippen LogP contribution in [0.5, 0.6) is 0 Å². The molecule has 0 saturated heterocycles. The first-order valence-corrected chi connectivity index (χ1v) is 5.25. The molecule has 0 bridgehead atoms. The van der Waals surface area contributed by atoms with Gasteiger partial charge in [-0.2, -0.15) is 0 Å². The Balaban J connectivity index is 2.38. The van der Waals surface area contributed by atoms with E-state index >= 15 is 0 Å². The van der Waals surface area contributed by atoms with Gasteiger partial charge in [-0.3, -0.25) is 4.79 Å². The molecular formula is C11H18N2O3. The Hall–Kier alpha value is -1.52. The van der Waals surface area contributed by atoms with Crippen LogP contribution in [0, 0.1) is 5.92 Å². The van der Waals surface area contributed by atoms with Gasteiger partial charge in [-0.1, -0.05) is 12.2 Å². The van der Waals surface area contributed by atoms with Crippen molar-refractivity contribution in [3.05, 3.63) is 12.2 Å². The molecule has 0 aromatic rings. The maximum Gasteiger partial charge on any atom is 0.408 e. The van der Waals surface area contributed by atoms with E-state index in [4.69, 9.17) is 10.5 Å². The zero-order valence-electron chi connectivity index (χ0n) is 9.82.